The van der Waals surface area contributed by atoms with Gasteiger partial charge in [-0.25, -0.2) is 0 Å². The summed E-state index contributed by atoms with van der Waals surface area (Å²) in [4.78, 5) is 12.3. The Hall–Kier alpha value is -1.92. The summed E-state index contributed by atoms with van der Waals surface area (Å²) in [6.07, 6.45) is -4.23. The Morgan fingerprint density at radius 3 is 2.75 bits per heavy atom. The molecule has 1 N–H and O–H groups in total. The van der Waals surface area contributed by atoms with Crippen molar-refractivity contribution in [2.24, 2.45) is 5.92 Å². The molecule has 0 radical (unpaired) electrons. The third-order valence-electron chi connectivity index (χ3n) is 3.13. The number of halogens is 3. The molecule has 1 aliphatic rings. The lowest BCUT2D eigenvalue weighted by Crippen LogP contribution is -2.41. The molecular formula is C13H14F3NO3. The van der Waals surface area contributed by atoms with Crippen molar-refractivity contribution in [1.29, 1.82) is 0 Å². The number of carbonyl (C=O) groups is 1. The molecule has 110 valence electrons. The van der Waals surface area contributed by atoms with Gasteiger partial charge in [0.05, 0.1) is 12.3 Å². The fraction of sp³-hybridized carbons (Fsp3) is 0.462. The molecule has 0 fully saturated rings. The predicted octanol–water partition coefficient (Wildman–Crippen LogP) is 2.54. The summed E-state index contributed by atoms with van der Waals surface area (Å²) in [5.41, 5.74) is 0.500. The molecule has 1 atom stereocenters. The SMILES string of the molecule is O=C(O)C(CN1CCCOc2ccccc21)C(F)(F)F. The predicted molar refractivity (Wildman–Crippen MR) is 65.9 cm³/mol. The minimum atomic E-state index is -4.77. The van der Waals surface area contributed by atoms with E-state index < -0.39 is 24.6 Å². The number of fused-ring (bicyclic) bond motifs is 1. The number of carboxylic acids is 1. The fourth-order valence-corrected chi connectivity index (χ4v) is 2.13. The summed E-state index contributed by atoms with van der Waals surface area (Å²) in [6, 6.07) is 6.71. The zero-order valence-electron chi connectivity index (χ0n) is 10.6. The van der Waals surface area contributed by atoms with Crippen LogP contribution in [0.5, 0.6) is 5.75 Å². The van der Waals surface area contributed by atoms with Gasteiger partial charge in [-0.1, -0.05) is 12.1 Å². The molecule has 4 nitrogen and oxygen atoms in total. The molecular weight excluding hydrogens is 275 g/mol. The first-order chi connectivity index (χ1) is 9.39. The van der Waals surface area contributed by atoms with E-state index in [2.05, 4.69) is 0 Å². The van der Waals surface area contributed by atoms with Crippen molar-refractivity contribution in [2.75, 3.05) is 24.6 Å². The first-order valence-corrected chi connectivity index (χ1v) is 6.16. The largest absolute Gasteiger partial charge is 0.491 e. The van der Waals surface area contributed by atoms with Crippen LogP contribution in [0.15, 0.2) is 24.3 Å². The van der Waals surface area contributed by atoms with Crippen molar-refractivity contribution in [3.63, 3.8) is 0 Å². The first-order valence-electron chi connectivity index (χ1n) is 6.16. The monoisotopic (exact) mass is 289 g/mol. The number of ether oxygens (including phenoxy) is 1. The highest BCUT2D eigenvalue weighted by Gasteiger charge is 2.46. The van der Waals surface area contributed by atoms with E-state index >= 15 is 0 Å². The number of nitrogens with zero attached hydrogens (tertiary/aromatic N) is 1. The maximum absolute atomic E-state index is 12.8. The van der Waals surface area contributed by atoms with E-state index in [0.29, 0.717) is 31.0 Å². The van der Waals surface area contributed by atoms with Gasteiger partial charge in [-0.3, -0.25) is 4.79 Å². The highest BCUT2D eigenvalue weighted by Crippen LogP contribution is 2.34. The number of benzene rings is 1. The van der Waals surface area contributed by atoms with E-state index in [-0.39, 0.29) is 0 Å². The van der Waals surface area contributed by atoms with Gasteiger partial charge in [-0.15, -0.1) is 0 Å². The normalized spacial score (nSPS) is 16.9. The van der Waals surface area contributed by atoms with Gasteiger partial charge < -0.3 is 14.7 Å². The average molecular weight is 289 g/mol. The maximum atomic E-state index is 12.8. The zero-order valence-corrected chi connectivity index (χ0v) is 10.6. The number of para-hydroxylation sites is 2. The quantitative estimate of drug-likeness (QED) is 0.929. The molecule has 0 amide bonds. The molecule has 0 aliphatic carbocycles. The molecule has 2 rings (SSSR count). The van der Waals surface area contributed by atoms with Gasteiger partial charge in [-0.05, 0) is 18.6 Å². The van der Waals surface area contributed by atoms with Gasteiger partial charge in [0.2, 0.25) is 0 Å². The van der Waals surface area contributed by atoms with E-state index in [4.69, 9.17) is 9.84 Å². The third kappa shape index (κ3) is 3.15. The summed E-state index contributed by atoms with van der Waals surface area (Å²) >= 11 is 0. The standard InChI is InChI=1S/C13H14F3NO3/c14-13(15,16)9(12(18)19)8-17-6-3-7-20-11-5-2-1-4-10(11)17/h1-2,4-5,9H,3,6-8H2,(H,18,19). The fourth-order valence-electron chi connectivity index (χ4n) is 2.13. The molecule has 0 saturated carbocycles. The summed E-state index contributed by atoms with van der Waals surface area (Å²) in [5, 5.41) is 8.78. The molecule has 0 spiro atoms. The van der Waals surface area contributed by atoms with Gasteiger partial charge in [-0.2, -0.15) is 13.2 Å². The van der Waals surface area contributed by atoms with Crippen LogP contribution in [0.2, 0.25) is 0 Å². The van der Waals surface area contributed by atoms with Crippen LogP contribution in [0.25, 0.3) is 0 Å². The van der Waals surface area contributed by atoms with Crippen molar-refractivity contribution >= 4 is 11.7 Å². The smallest absolute Gasteiger partial charge is 0.403 e. The molecule has 1 unspecified atom stereocenters. The van der Waals surface area contributed by atoms with E-state index in [1.807, 2.05) is 0 Å². The van der Waals surface area contributed by atoms with Crippen molar-refractivity contribution in [1.82, 2.24) is 0 Å². The molecule has 0 saturated heterocycles. The number of carboxylic acid groups (broad SMARTS) is 1. The molecule has 1 aliphatic heterocycles. The van der Waals surface area contributed by atoms with Gasteiger partial charge >= 0.3 is 12.1 Å². The van der Waals surface area contributed by atoms with E-state index in [1.165, 1.54) is 4.90 Å². The summed E-state index contributed by atoms with van der Waals surface area (Å²) in [6.45, 7) is 0.118. The third-order valence-corrected chi connectivity index (χ3v) is 3.13. The second-order valence-electron chi connectivity index (χ2n) is 4.55. The Morgan fingerprint density at radius 1 is 1.40 bits per heavy atom. The average Bonchev–Trinajstić information content (AvgIpc) is 2.56. The highest BCUT2D eigenvalue weighted by molar-refractivity contribution is 5.72. The number of aliphatic carboxylic acids is 1. The van der Waals surface area contributed by atoms with Crippen LogP contribution < -0.4 is 9.64 Å². The molecule has 1 heterocycles. The Bertz CT molecular complexity index is 490. The van der Waals surface area contributed by atoms with Crippen LogP contribution in [-0.4, -0.2) is 36.9 Å². The van der Waals surface area contributed by atoms with E-state index in [9.17, 15) is 18.0 Å². The number of alkyl halides is 3. The highest BCUT2D eigenvalue weighted by atomic mass is 19.4. The number of hydrogen-bond donors (Lipinski definition) is 1. The van der Waals surface area contributed by atoms with Crippen LogP contribution in [0.3, 0.4) is 0 Å². The molecule has 1 aromatic rings. The van der Waals surface area contributed by atoms with Crippen LogP contribution >= 0.6 is 0 Å². The molecule has 0 aromatic heterocycles. The molecule has 1 aromatic carbocycles. The van der Waals surface area contributed by atoms with Gasteiger partial charge in [0, 0.05) is 13.1 Å². The van der Waals surface area contributed by atoms with Crippen LogP contribution in [0, 0.1) is 5.92 Å². The number of rotatable bonds is 3. The van der Waals surface area contributed by atoms with E-state index in [0.717, 1.165) is 0 Å². The summed E-state index contributed by atoms with van der Waals surface area (Å²) in [5.74, 6) is -3.79. The van der Waals surface area contributed by atoms with Crippen LogP contribution in [-0.2, 0) is 4.79 Å². The summed E-state index contributed by atoms with van der Waals surface area (Å²) < 4.78 is 43.7. The molecule has 20 heavy (non-hydrogen) atoms. The second kappa shape index (κ2) is 5.60. The first kappa shape index (κ1) is 14.5. The Kier molecular flexibility index (Phi) is 4.06. The number of anilines is 1. The Labute approximate surface area is 113 Å². The van der Waals surface area contributed by atoms with Crippen molar-refractivity contribution < 1.29 is 27.8 Å². The lowest BCUT2D eigenvalue weighted by molar-refractivity contribution is -0.191. The zero-order chi connectivity index (χ0) is 14.8. The Morgan fingerprint density at radius 2 is 2.10 bits per heavy atom. The Balaban J connectivity index is 2.26. The van der Waals surface area contributed by atoms with Gasteiger partial charge in [0.15, 0.2) is 5.92 Å². The minimum Gasteiger partial charge on any atom is -0.491 e. The molecule has 0 bridgehead atoms. The maximum Gasteiger partial charge on any atom is 0.403 e. The van der Waals surface area contributed by atoms with Crippen LogP contribution in [0.4, 0.5) is 18.9 Å². The van der Waals surface area contributed by atoms with Gasteiger partial charge in [0.25, 0.3) is 0 Å². The minimum absolute atomic E-state index is 0.330. The van der Waals surface area contributed by atoms with Crippen molar-refractivity contribution in [3.8, 4) is 5.75 Å². The van der Waals surface area contributed by atoms with Gasteiger partial charge in [0.1, 0.15) is 5.75 Å². The van der Waals surface area contributed by atoms with Crippen molar-refractivity contribution in [3.05, 3.63) is 24.3 Å². The summed E-state index contributed by atoms with van der Waals surface area (Å²) in [7, 11) is 0. The topological polar surface area (TPSA) is 49.8 Å². The van der Waals surface area contributed by atoms with Crippen LogP contribution in [0.1, 0.15) is 6.42 Å². The van der Waals surface area contributed by atoms with E-state index in [1.54, 1.807) is 24.3 Å². The second-order valence-corrected chi connectivity index (χ2v) is 4.55. The van der Waals surface area contributed by atoms with Crippen molar-refractivity contribution in [2.45, 2.75) is 12.6 Å². The lowest BCUT2D eigenvalue weighted by atomic mass is 10.1. The molecule has 7 heteroatoms. The lowest BCUT2D eigenvalue weighted by Gasteiger charge is -2.27. The number of hydrogen-bond acceptors (Lipinski definition) is 3.